The largest absolute Gasteiger partial charge is 0.471 e. The number of thiocarbonyl (C=S) groups is 1. The lowest BCUT2D eigenvalue weighted by Crippen LogP contribution is -2.39. The highest BCUT2D eigenvalue weighted by Gasteiger charge is 2.01. The second-order valence-corrected chi connectivity index (χ2v) is 3.02. The summed E-state index contributed by atoms with van der Waals surface area (Å²) in [7, 11) is 0. The van der Waals surface area contributed by atoms with Gasteiger partial charge in [0.15, 0.2) is 11.3 Å². The van der Waals surface area contributed by atoms with Crippen molar-refractivity contribution in [1.82, 2.24) is 5.32 Å². The van der Waals surface area contributed by atoms with Gasteiger partial charge in [-0.05, 0) is 31.3 Å². The highest BCUT2D eigenvalue weighted by atomic mass is 32.1. The van der Waals surface area contributed by atoms with E-state index >= 15 is 0 Å². The minimum atomic E-state index is -0.208. The molecule has 1 atom stereocenters. The number of rotatable bonds is 3. The molecule has 3 nitrogen and oxygen atoms in total. The molecule has 0 radical (unpaired) electrons. The molecule has 3 N–H and O–H groups in total. The summed E-state index contributed by atoms with van der Waals surface area (Å²) >= 11 is 4.67. The summed E-state index contributed by atoms with van der Waals surface area (Å²) in [6, 6.07) is 9.49. The zero-order valence-electron chi connectivity index (χ0n) is 7.36. The third-order valence-corrected chi connectivity index (χ3v) is 1.52. The van der Waals surface area contributed by atoms with Crippen molar-refractivity contribution in [2.24, 2.45) is 5.73 Å². The van der Waals surface area contributed by atoms with Crippen LogP contribution in [-0.4, -0.2) is 11.3 Å². The lowest BCUT2D eigenvalue weighted by molar-refractivity contribution is 0.208. The van der Waals surface area contributed by atoms with E-state index in [0.29, 0.717) is 0 Å². The van der Waals surface area contributed by atoms with Gasteiger partial charge < -0.3 is 15.8 Å². The van der Waals surface area contributed by atoms with Gasteiger partial charge in [0, 0.05) is 0 Å². The predicted octanol–water partition coefficient (Wildman–Crippen LogP) is 1.24. The van der Waals surface area contributed by atoms with Crippen LogP contribution in [0.15, 0.2) is 30.3 Å². The van der Waals surface area contributed by atoms with Crippen molar-refractivity contribution in [1.29, 1.82) is 0 Å². The molecule has 0 aliphatic heterocycles. The van der Waals surface area contributed by atoms with Crippen molar-refractivity contribution in [2.75, 3.05) is 0 Å². The third kappa shape index (κ3) is 3.75. The fourth-order valence-corrected chi connectivity index (χ4v) is 1.10. The van der Waals surface area contributed by atoms with Crippen LogP contribution in [0.25, 0.3) is 0 Å². The second-order valence-electron chi connectivity index (χ2n) is 2.58. The van der Waals surface area contributed by atoms with Crippen LogP contribution in [0.2, 0.25) is 0 Å². The maximum Gasteiger partial charge on any atom is 0.168 e. The summed E-state index contributed by atoms with van der Waals surface area (Å²) < 4.78 is 5.45. The van der Waals surface area contributed by atoms with Crippen LogP contribution in [0, 0.1) is 0 Å². The highest BCUT2D eigenvalue weighted by Crippen LogP contribution is 2.09. The molecule has 0 saturated carbocycles. The van der Waals surface area contributed by atoms with E-state index in [1.165, 1.54) is 0 Å². The molecule has 4 heteroatoms. The van der Waals surface area contributed by atoms with Gasteiger partial charge >= 0.3 is 0 Å². The molecule has 0 heterocycles. The lowest BCUT2D eigenvalue weighted by atomic mass is 10.3. The number of hydrogen-bond acceptors (Lipinski definition) is 2. The molecule has 0 saturated heterocycles. The van der Waals surface area contributed by atoms with E-state index in [-0.39, 0.29) is 11.3 Å². The molecule has 0 aliphatic rings. The first kappa shape index (κ1) is 9.80. The van der Waals surface area contributed by atoms with Crippen LogP contribution in [0.1, 0.15) is 6.92 Å². The maximum atomic E-state index is 5.45. The predicted molar refractivity (Wildman–Crippen MR) is 56.5 cm³/mol. The van der Waals surface area contributed by atoms with Gasteiger partial charge in [0.1, 0.15) is 5.75 Å². The van der Waals surface area contributed by atoms with E-state index in [4.69, 9.17) is 10.5 Å². The Morgan fingerprint density at radius 3 is 2.62 bits per heavy atom. The number of benzene rings is 1. The summed E-state index contributed by atoms with van der Waals surface area (Å²) in [4.78, 5) is 0. The standard InChI is InChI=1S/C9H12N2OS/c1-7(11-9(10)13)12-8-5-3-2-4-6-8/h2-7H,1H3,(H3,10,11,13). The van der Waals surface area contributed by atoms with Crippen LogP contribution < -0.4 is 15.8 Å². The molecular formula is C9H12N2OS. The van der Waals surface area contributed by atoms with Crippen molar-refractivity contribution >= 4 is 17.3 Å². The van der Waals surface area contributed by atoms with Crippen molar-refractivity contribution < 1.29 is 4.74 Å². The van der Waals surface area contributed by atoms with Gasteiger partial charge in [-0.1, -0.05) is 18.2 Å². The Bertz CT molecular complexity index is 276. The summed E-state index contributed by atoms with van der Waals surface area (Å²) in [6.07, 6.45) is -0.208. The van der Waals surface area contributed by atoms with Gasteiger partial charge in [-0.3, -0.25) is 0 Å². The summed E-state index contributed by atoms with van der Waals surface area (Å²) in [5, 5.41) is 3.02. The van der Waals surface area contributed by atoms with Crippen LogP contribution >= 0.6 is 12.2 Å². The summed E-state index contributed by atoms with van der Waals surface area (Å²) in [6.45, 7) is 1.84. The fourth-order valence-electron chi connectivity index (χ4n) is 0.933. The first-order chi connectivity index (χ1) is 6.18. The maximum absolute atomic E-state index is 5.45. The van der Waals surface area contributed by atoms with Gasteiger partial charge in [0.05, 0.1) is 0 Å². The van der Waals surface area contributed by atoms with Crippen molar-refractivity contribution in [3.05, 3.63) is 30.3 Å². The molecule has 1 unspecified atom stereocenters. The smallest absolute Gasteiger partial charge is 0.168 e. The lowest BCUT2D eigenvalue weighted by Gasteiger charge is -2.15. The molecule has 0 bridgehead atoms. The molecule has 70 valence electrons. The van der Waals surface area contributed by atoms with Crippen LogP contribution in [0.3, 0.4) is 0 Å². The van der Waals surface area contributed by atoms with Gasteiger partial charge in [-0.2, -0.15) is 0 Å². The number of hydrogen-bond donors (Lipinski definition) is 2. The molecule has 1 aromatic carbocycles. The molecule has 1 aromatic rings. The van der Waals surface area contributed by atoms with Crippen LogP contribution in [0.4, 0.5) is 0 Å². The third-order valence-electron chi connectivity index (χ3n) is 1.40. The second kappa shape index (κ2) is 4.67. The van der Waals surface area contributed by atoms with E-state index in [1.54, 1.807) is 0 Å². The molecular weight excluding hydrogens is 184 g/mol. The average Bonchev–Trinajstić information content (AvgIpc) is 2.04. The molecule has 0 spiro atoms. The number of nitrogens with one attached hydrogen (secondary N) is 1. The van der Waals surface area contributed by atoms with Gasteiger partial charge in [0.25, 0.3) is 0 Å². The number of para-hydroxylation sites is 1. The van der Waals surface area contributed by atoms with E-state index in [2.05, 4.69) is 17.5 Å². The van der Waals surface area contributed by atoms with Crippen molar-refractivity contribution in [3.8, 4) is 5.75 Å². The number of nitrogens with two attached hydrogens (primary N) is 1. The fraction of sp³-hybridized carbons (Fsp3) is 0.222. The molecule has 13 heavy (non-hydrogen) atoms. The molecule has 0 amide bonds. The Hall–Kier alpha value is -1.29. The zero-order valence-corrected chi connectivity index (χ0v) is 8.17. The SMILES string of the molecule is CC(NC(N)=S)Oc1ccccc1. The Morgan fingerprint density at radius 1 is 1.46 bits per heavy atom. The Labute approximate surface area is 82.9 Å². The van der Waals surface area contributed by atoms with E-state index in [1.807, 2.05) is 37.3 Å². The first-order valence-electron chi connectivity index (χ1n) is 3.96. The normalized spacial score (nSPS) is 11.8. The first-order valence-corrected chi connectivity index (χ1v) is 4.37. The minimum Gasteiger partial charge on any atom is -0.471 e. The topological polar surface area (TPSA) is 47.3 Å². The quantitative estimate of drug-likeness (QED) is 0.564. The van der Waals surface area contributed by atoms with E-state index in [0.717, 1.165) is 5.75 Å². The highest BCUT2D eigenvalue weighted by molar-refractivity contribution is 7.80. The van der Waals surface area contributed by atoms with Crippen LogP contribution in [0.5, 0.6) is 5.75 Å². The summed E-state index contributed by atoms with van der Waals surface area (Å²) in [5.41, 5.74) is 5.29. The number of ether oxygens (including phenoxy) is 1. The van der Waals surface area contributed by atoms with Crippen molar-refractivity contribution in [3.63, 3.8) is 0 Å². The molecule has 1 rings (SSSR count). The molecule has 0 aliphatic carbocycles. The molecule has 0 aromatic heterocycles. The van der Waals surface area contributed by atoms with Gasteiger partial charge in [0.2, 0.25) is 0 Å². The van der Waals surface area contributed by atoms with E-state index in [9.17, 15) is 0 Å². The van der Waals surface area contributed by atoms with Crippen LogP contribution in [-0.2, 0) is 0 Å². The Kier molecular flexibility index (Phi) is 3.52. The zero-order chi connectivity index (χ0) is 9.68. The Balaban J connectivity index is 2.45. The molecule has 0 fully saturated rings. The van der Waals surface area contributed by atoms with Gasteiger partial charge in [-0.15, -0.1) is 0 Å². The average molecular weight is 196 g/mol. The minimum absolute atomic E-state index is 0.208. The van der Waals surface area contributed by atoms with Crippen molar-refractivity contribution in [2.45, 2.75) is 13.2 Å². The van der Waals surface area contributed by atoms with E-state index < -0.39 is 0 Å². The summed E-state index contributed by atoms with van der Waals surface area (Å²) in [5.74, 6) is 0.791. The Morgan fingerprint density at radius 2 is 2.08 bits per heavy atom. The monoisotopic (exact) mass is 196 g/mol. The van der Waals surface area contributed by atoms with Gasteiger partial charge in [-0.25, -0.2) is 0 Å².